The lowest BCUT2D eigenvalue weighted by Gasteiger charge is -2.16. The summed E-state index contributed by atoms with van der Waals surface area (Å²) in [5.41, 5.74) is 3.87. The van der Waals surface area contributed by atoms with E-state index in [1.807, 2.05) is 25.1 Å². The van der Waals surface area contributed by atoms with Crippen molar-refractivity contribution >= 4 is 16.8 Å². The Hall–Kier alpha value is -3.82. The highest BCUT2D eigenvalue weighted by molar-refractivity contribution is 6.02. The SMILES string of the molecule is COc1cc(-n2cnc3cc(-c4cnc(C)[nH]4)ccc32)cc(OC)c1C(=O)CCC(F)(F)F. The molecule has 7 nitrogen and oxygen atoms in total. The first-order chi connectivity index (χ1) is 15.7. The van der Waals surface area contributed by atoms with Crippen LogP contribution in [-0.2, 0) is 0 Å². The van der Waals surface area contributed by atoms with Crippen LogP contribution in [0.1, 0.15) is 29.0 Å². The van der Waals surface area contributed by atoms with Crippen LogP contribution in [0.4, 0.5) is 13.2 Å². The molecule has 0 spiro atoms. The van der Waals surface area contributed by atoms with Gasteiger partial charge in [-0.2, -0.15) is 13.2 Å². The number of Topliss-reactive ketones (excluding diaryl/α,β-unsaturated/α-hetero) is 1. The second-order valence-electron chi connectivity index (χ2n) is 7.46. The molecule has 0 aliphatic carbocycles. The van der Waals surface area contributed by atoms with Crippen LogP contribution in [0.25, 0.3) is 28.0 Å². The van der Waals surface area contributed by atoms with Crippen LogP contribution in [0.15, 0.2) is 42.9 Å². The molecule has 0 atom stereocenters. The molecule has 0 aliphatic heterocycles. The molecule has 0 aliphatic rings. The number of rotatable bonds is 7. The number of hydrogen-bond acceptors (Lipinski definition) is 5. The van der Waals surface area contributed by atoms with Crippen molar-refractivity contribution in [3.8, 4) is 28.4 Å². The van der Waals surface area contributed by atoms with E-state index in [2.05, 4.69) is 15.0 Å². The zero-order chi connectivity index (χ0) is 23.8. The summed E-state index contributed by atoms with van der Waals surface area (Å²) in [7, 11) is 2.70. The lowest BCUT2D eigenvalue weighted by molar-refractivity contribution is -0.133. The van der Waals surface area contributed by atoms with Gasteiger partial charge in [-0.05, 0) is 19.1 Å². The van der Waals surface area contributed by atoms with Gasteiger partial charge in [-0.3, -0.25) is 9.36 Å². The van der Waals surface area contributed by atoms with Crippen LogP contribution in [-0.4, -0.2) is 45.7 Å². The number of alkyl halides is 3. The number of halogens is 3. The molecule has 4 rings (SSSR count). The van der Waals surface area contributed by atoms with Crippen molar-refractivity contribution in [3.05, 3.63) is 54.2 Å². The van der Waals surface area contributed by atoms with Crippen molar-refractivity contribution < 1.29 is 27.4 Å². The topological polar surface area (TPSA) is 82.0 Å². The molecule has 2 aromatic carbocycles. The summed E-state index contributed by atoms with van der Waals surface area (Å²) in [4.78, 5) is 24.4. The number of nitrogens with one attached hydrogen (secondary N) is 1. The number of ether oxygens (including phenoxy) is 2. The maximum atomic E-state index is 12.6. The zero-order valence-electron chi connectivity index (χ0n) is 18.2. The first kappa shape index (κ1) is 22.4. The second-order valence-corrected chi connectivity index (χ2v) is 7.46. The number of aryl methyl sites for hydroxylation is 1. The number of benzene rings is 2. The Morgan fingerprint density at radius 3 is 2.36 bits per heavy atom. The minimum Gasteiger partial charge on any atom is -0.496 e. The molecule has 0 fully saturated rings. The highest BCUT2D eigenvalue weighted by Gasteiger charge is 2.30. The molecule has 2 aromatic heterocycles. The number of carbonyl (C=O) groups is 1. The van der Waals surface area contributed by atoms with Crippen molar-refractivity contribution in [1.82, 2.24) is 19.5 Å². The minimum absolute atomic E-state index is 0.0191. The first-order valence-corrected chi connectivity index (χ1v) is 10.1. The molecule has 0 bridgehead atoms. The Labute approximate surface area is 187 Å². The van der Waals surface area contributed by atoms with Crippen LogP contribution in [0.2, 0.25) is 0 Å². The number of carbonyl (C=O) groups excluding carboxylic acids is 1. The van der Waals surface area contributed by atoms with Gasteiger partial charge >= 0.3 is 6.18 Å². The van der Waals surface area contributed by atoms with Gasteiger partial charge in [-0.1, -0.05) is 6.07 Å². The predicted octanol–water partition coefficient (Wildman–Crippen LogP) is 5.27. The molecule has 4 aromatic rings. The Morgan fingerprint density at radius 2 is 1.79 bits per heavy atom. The Kier molecular flexibility index (Phi) is 5.84. The summed E-state index contributed by atoms with van der Waals surface area (Å²) in [6.45, 7) is 1.87. The van der Waals surface area contributed by atoms with Crippen molar-refractivity contribution in [2.24, 2.45) is 0 Å². The van der Waals surface area contributed by atoms with E-state index in [1.165, 1.54) is 14.2 Å². The fourth-order valence-corrected chi connectivity index (χ4v) is 3.65. The zero-order valence-corrected chi connectivity index (χ0v) is 18.2. The highest BCUT2D eigenvalue weighted by atomic mass is 19.4. The summed E-state index contributed by atoms with van der Waals surface area (Å²) >= 11 is 0. The Bertz CT molecular complexity index is 1300. The fraction of sp³-hybridized carbons (Fsp3) is 0.261. The van der Waals surface area contributed by atoms with E-state index in [0.717, 1.165) is 28.1 Å². The van der Waals surface area contributed by atoms with E-state index < -0.39 is 24.8 Å². The number of methoxy groups -OCH3 is 2. The maximum Gasteiger partial charge on any atom is 0.389 e. The van der Waals surface area contributed by atoms with Gasteiger partial charge in [0.25, 0.3) is 0 Å². The van der Waals surface area contributed by atoms with Gasteiger partial charge in [0.15, 0.2) is 5.78 Å². The largest absolute Gasteiger partial charge is 0.496 e. The normalized spacial score (nSPS) is 11.7. The standard InChI is InChI=1S/C23H21F3N4O3/c1-13-27-11-17(29-13)14-4-5-18-16(8-14)28-12-30(18)15-9-20(32-2)22(21(10-15)33-3)19(31)6-7-23(24,25)26/h4-5,8-12H,6-7H2,1-3H3,(H,27,29). The van der Waals surface area contributed by atoms with Gasteiger partial charge in [-0.15, -0.1) is 0 Å². The van der Waals surface area contributed by atoms with E-state index in [4.69, 9.17) is 9.47 Å². The lowest BCUT2D eigenvalue weighted by atomic mass is 10.0. The van der Waals surface area contributed by atoms with Crippen LogP contribution in [0.3, 0.4) is 0 Å². The average Bonchev–Trinajstić information content (AvgIpc) is 3.41. The van der Waals surface area contributed by atoms with Crippen LogP contribution < -0.4 is 9.47 Å². The second kappa shape index (κ2) is 8.61. The minimum atomic E-state index is -4.43. The highest BCUT2D eigenvalue weighted by Crippen LogP contribution is 2.36. The van der Waals surface area contributed by atoms with Crippen LogP contribution >= 0.6 is 0 Å². The molecule has 2 heterocycles. The molecular weight excluding hydrogens is 437 g/mol. The first-order valence-electron chi connectivity index (χ1n) is 10.1. The van der Waals surface area contributed by atoms with Gasteiger partial charge in [0.05, 0.1) is 49.3 Å². The van der Waals surface area contributed by atoms with Gasteiger partial charge in [-0.25, -0.2) is 9.97 Å². The van der Waals surface area contributed by atoms with E-state index in [1.54, 1.807) is 29.2 Å². The number of H-pyrrole nitrogens is 1. The van der Waals surface area contributed by atoms with E-state index in [9.17, 15) is 18.0 Å². The monoisotopic (exact) mass is 458 g/mol. The number of hydrogen-bond donors (Lipinski definition) is 1. The Balaban J connectivity index is 1.74. The van der Waals surface area contributed by atoms with Crippen LogP contribution in [0.5, 0.6) is 11.5 Å². The third-order valence-corrected chi connectivity index (χ3v) is 5.24. The maximum absolute atomic E-state index is 12.6. The van der Waals surface area contributed by atoms with Gasteiger partial charge in [0.1, 0.15) is 29.2 Å². The number of nitrogens with zero attached hydrogens (tertiary/aromatic N) is 3. The summed E-state index contributed by atoms with van der Waals surface area (Å²) < 4.78 is 50.3. The van der Waals surface area contributed by atoms with Crippen molar-refractivity contribution in [2.45, 2.75) is 25.9 Å². The number of aromatic nitrogens is 4. The van der Waals surface area contributed by atoms with E-state index in [-0.39, 0.29) is 17.1 Å². The van der Waals surface area contributed by atoms with Gasteiger partial charge < -0.3 is 14.5 Å². The van der Waals surface area contributed by atoms with Crippen molar-refractivity contribution in [2.75, 3.05) is 14.2 Å². The summed E-state index contributed by atoms with van der Waals surface area (Å²) in [6.07, 6.45) is -2.98. The molecular formula is C23H21F3N4O3. The summed E-state index contributed by atoms with van der Waals surface area (Å²) in [5.74, 6) is 0.355. The average molecular weight is 458 g/mol. The lowest BCUT2D eigenvalue weighted by Crippen LogP contribution is -2.13. The van der Waals surface area contributed by atoms with Gasteiger partial charge in [0, 0.05) is 24.1 Å². The van der Waals surface area contributed by atoms with Crippen molar-refractivity contribution in [3.63, 3.8) is 0 Å². The Morgan fingerprint density at radius 1 is 1.09 bits per heavy atom. The molecule has 33 heavy (non-hydrogen) atoms. The molecule has 0 saturated carbocycles. The third kappa shape index (κ3) is 4.55. The molecule has 172 valence electrons. The van der Waals surface area contributed by atoms with E-state index >= 15 is 0 Å². The van der Waals surface area contributed by atoms with Crippen LogP contribution in [0, 0.1) is 6.92 Å². The fourth-order valence-electron chi connectivity index (χ4n) is 3.65. The summed E-state index contributed by atoms with van der Waals surface area (Å²) in [6, 6.07) is 8.90. The molecule has 0 radical (unpaired) electrons. The smallest absolute Gasteiger partial charge is 0.389 e. The van der Waals surface area contributed by atoms with Gasteiger partial charge in [0.2, 0.25) is 0 Å². The quantitative estimate of drug-likeness (QED) is 0.382. The number of ketones is 1. The number of aromatic amines is 1. The molecule has 0 unspecified atom stereocenters. The number of fused-ring (bicyclic) bond motifs is 1. The number of imidazole rings is 2. The van der Waals surface area contributed by atoms with E-state index in [0.29, 0.717) is 5.69 Å². The predicted molar refractivity (Wildman–Crippen MR) is 116 cm³/mol. The molecule has 1 N–H and O–H groups in total. The van der Waals surface area contributed by atoms with Crippen molar-refractivity contribution in [1.29, 1.82) is 0 Å². The molecule has 10 heteroatoms. The molecule has 0 amide bonds. The third-order valence-electron chi connectivity index (χ3n) is 5.24. The summed E-state index contributed by atoms with van der Waals surface area (Å²) in [5, 5.41) is 0. The molecule has 0 saturated heterocycles.